The molecule has 0 aliphatic rings. The first-order chi connectivity index (χ1) is 9.17. The van der Waals surface area contributed by atoms with E-state index in [1.54, 1.807) is 13.2 Å². The first-order valence-electron chi connectivity index (χ1n) is 5.76. The molecule has 19 heavy (non-hydrogen) atoms. The number of hydrogen-bond donors (Lipinski definition) is 2. The number of rotatable bonds is 2. The quantitative estimate of drug-likeness (QED) is 0.703. The number of aromatic amines is 1. The van der Waals surface area contributed by atoms with Crippen LogP contribution in [0.1, 0.15) is 0 Å². The predicted molar refractivity (Wildman–Crippen MR) is 77.5 cm³/mol. The molecule has 0 amide bonds. The molecule has 4 nitrogen and oxygen atoms in total. The fourth-order valence-corrected chi connectivity index (χ4v) is 2.15. The molecule has 0 aliphatic heterocycles. The highest BCUT2D eigenvalue weighted by Gasteiger charge is 2.10. The van der Waals surface area contributed by atoms with Crippen molar-refractivity contribution in [3.8, 4) is 17.1 Å². The van der Waals surface area contributed by atoms with Crippen LogP contribution in [0.5, 0.6) is 5.75 Å². The number of methoxy groups -OCH3 is 1. The highest BCUT2D eigenvalue weighted by atomic mass is 35.5. The number of hydrogen-bond acceptors (Lipinski definition) is 3. The number of benzene rings is 2. The summed E-state index contributed by atoms with van der Waals surface area (Å²) in [5.41, 5.74) is 9.17. The number of nitrogens with zero attached hydrogens (tertiary/aromatic N) is 1. The lowest BCUT2D eigenvalue weighted by atomic mass is 10.1. The smallest absolute Gasteiger partial charge is 0.140 e. The number of nitrogen functional groups attached to an aromatic ring is 1. The lowest BCUT2D eigenvalue weighted by Gasteiger charge is -2.05. The van der Waals surface area contributed by atoms with Gasteiger partial charge in [-0.15, -0.1) is 0 Å². The van der Waals surface area contributed by atoms with Crippen molar-refractivity contribution in [2.24, 2.45) is 0 Å². The van der Waals surface area contributed by atoms with Gasteiger partial charge >= 0.3 is 0 Å². The molecule has 0 fully saturated rings. The van der Waals surface area contributed by atoms with Crippen LogP contribution < -0.4 is 10.5 Å². The molecule has 0 spiro atoms. The topological polar surface area (TPSA) is 63.9 Å². The Hall–Kier alpha value is -2.20. The van der Waals surface area contributed by atoms with Crippen LogP contribution in [0, 0.1) is 0 Å². The maximum absolute atomic E-state index is 5.99. The van der Waals surface area contributed by atoms with Crippen LogP contribution in [-0.2, 0) is 0 Å². The lowest BCUT2D eigenvalue weighted by Crippen LogP contribution is -1.92. The number of nitrogens with one attached hydrogen (secondary N) is 1. The molecule has 3 rings (SSSR count). The SMILES string of the molecule is COc1ccc(N)c(-c2nc3ccc(Cl)cc3[nH]2)c1. The van der Waals surface area contributed by atoms with Gasteiger partial charge in [-0.25, -0.2) is 4.98 Å². The Bertz CT molecular complexity index is 752. The molecule has 0 radical (unpaired) electrons. The van der Waals surface area contributed by atoms with Gasteiger partial charge < -0.3 is 15.5 Å². The number of ether oxygens (including phenoxy) is 1. The minimum Gasteiger partial charge on any atom is -0.497 e. The second kappa shape index (κ2) is 4.48. The third-order valence-electron chi connectivity index (χ3n) is 2.96. The largest absolute Gasteiger partial charge is 0.497 e. The van der Waals surface area contributed by atoms with Gasteiger partial charge in [-0.05, 0) is 36.4 Å². The molecule has 0 unspecified atom stereocenters. The fraction of sp³-hybridized carbons (Fsp3) is 0.0714. The van der Waals surface area contributed by atoms with Crippen LogP contribution in [0.15, 0.2) is 36.4 Å². The average Bonchev–Trinajstić information content (AvgIpc) is 2.82. The third kappa shape index (κ3) is 2.11. The molecular weight excluding hydrogens is 262 g/mol. The van der Waals surface area contributed by atoms with Gasteiger partial charge in [0, 0.05) is 16.3 Å². The summed E-state index contributed by atoms with van der Waals surface area (Å²) in [7, 11) is 1.62. The van der Waals surface area contributed by atoms with E-state index in [2.05, 4.69) is 9.97 Å². The molecule has 96 valence electrons. The molecule has 3 N–H and O–H groups in total. The van der Waals surface area contributed by atoms with Gasteiger partial charge in [-0.1, -0.05) is 11.6 Å². The molecule has 0 bridgehead atoms. The Morgan fingerprint density at radius 2 is 2.05 bits per heavy atom. The summed E-state index contributed by atoms with van der Waals surface area (Å²) in [6.45, 7) is 0. The molecule has 0 atom stereocenters. The van der Waals surface area contributed by atoms with Gasteiger partial charge in [0.25, 0.3) is 0 Å². The number of H-pyrrole nitrogens is 1. The Morgan fingerprint density at radius 1 is 1.21 bits per heavy atom. The van der Waals surface area contributed by atoms with Crippen molar-refractivity contribution < 1.29 is 4.74 Å². The van der Waals surface area contributed by atoms with E-state index < -0.39 is 0 Å². The number of anilines is 1. The van der Waals surface area contributed by atoms with Crippen molar-refractivity contribution in [3.63, 3.8) is 0 Å². The fourth-order valence-electron chi connectivity index (χ4n) is 1.98. The standard InChI is InChI=1S/C14H12ClN3O/c1-19-9-3-4-11(16)10(7-9)14-17-12-5-2-8(15)6-13(12)18-14/h2-7H,16H2,1H3,(H,17,18). The monoisotopic (exact) mass is 273 g/mol. The average molecular weight is 274 g/mol. The van der Waals surface area contributed by atoms with E-state index in [1.165, 1.54) is 0 Å². The van der Waals surface area contributed by atoms with E-state index >= 15 is 0 Å². The Balaban J connectivity index is 2.18. The summed E-state index contributed by atoms with van der Waals surface area (Å²) in [4.78, 5) is 7.72. The van der Waals surface area contributed by atoms with E-state index in [0.717, 1.165) is 22.3 Å². The number of nitrogens with two attached hydrogens (primary N) is 1. The van der Waals surface area contributed by atoms with E-state index in [4.69, 9.17) is 22.1 Å². The molecule has 1 aromatic heterocycles. The molecule has 3 aromatic rings. The van der Waals surface area contributed by atoms with Crippen molar-refractivity contribution in [2.75, 3.05) is 12.8 Å². The lowest BCUT2D eigenvalue weighted by molar-refractivity contribution is 0.415. The molecule has 2 aromatic carbocycles. The third-order valence-corrected chi connectivity index (χ3v) is 3.19. The van der Waals surface area contributed by atoms with E-state index in [1.807, 2.05) is 30.3 Å². The van der Waals surface area contributed by atoms with Crippen LogP contribution in [0.2, 0.25) is 5.02 Å². The normalized spacial score (nSPS) is 10.8. The van der Waals surface area contributed by atoms with E-state index in [-0.39, 0.29) is 0 Å². The molecule has 5 heteroatoms. The van der Waals surface area contributed by atoms with Crippen LogP contribution in [0.25, 0.3) is 22.4 Å². The minimum absolute atomic E-state index is 0.644. The maximum Gasteiger partial charge on any atom is 0.140 e. The van der Waals surface area contributed by atoms with Gasteiger partial charge in [0.1, 0.15) is 11.6 Å². The zero-order valence-corrected chi connectivity index (χ0v) is 11.0. The molecule has 1 heterocycles. The second-order valence-electron chi connectivity index (χ2n) is 4.20. The minimum atomic E-state index is 0.644. The Morgan fingerprint density at radius 3 is 2.84 bits per heavy atom. The van der Waals surface area contributed by atoms with Crippen LogP contribution in [0.3, 0.4) is 0 Å². The predicted octanol–water partition coefficient (Wildman–Crippen LogP) is 3.47. The van der Waals surface area contributed by atoms with Crippen molar-refractivity contribution in [1.29, 1.82) is 0 Å². The van der Waals surface area contributed by atoms with E-state index in [0.29, 0.717) is 16.5 Å². The highest BCUT2D eigenvalue weighted by molar-refractivity contribution is 6.31. The van der Waals surface area contributed by atoms with Crippen LogP contribution in [0.4, 0.5) is 5.69 Å². The van der Waals surface area contributed by atoms with Gasteiger partial charge in [0.05, 0.1) is 18.1 Å². The molecule has 0 aliphatic carbocycles. The molecule has 0 saturated heterocycles. The number of aromatic nitrogens is 2. The van der Waals surface area contributed by atoms with Crippen molar-refractivity contribution >= 4 is 28.3 Å². The molecular formula is C14H12ClN3O. The van der Waals surface area contributed by atoms with E-state index in [9.17, 15) is 0 Å². The number of imidazole rings is 1. The summed E-state index contributed by atoms with van der Waals surface area (Å²) in [5.74, 6) is 1.44. The number of fused-ring (bicyclic) bond motifs is 1. The van der Waals surface area contributed by atoms with Gasteiger partial charge in [-0.2, -0.15) is 0 Å². The summed E-state index contributed by atoms with van der Waals surface area (Å²) in [6, 6.07) is 11.0. The Kier molecular flexibility index (Phi) is 2.80. The summed E-state index contributed by atoms with van der Waals surface area (Å²) in [6.07, 6.45) is 0. The van der Waals surface area contributed by atoms with Gasteiger partial charge in [0.15, 0.2) is 0 Å². The van der Waals surface area contributed by atoms with Gasteiger partial charge in [0.2, 0.25) is 0 Å². The van der Waals surface area contributed by atoms with Crippen molar-refractivity contribution in [3.05, 3.63) is 41.4 Å². The summed E-state index contributed by atoms with van der Waals surface area (Å²) >= 11 is 5.96. The second-order valence-corrected chi connectivity index (χ2v) is 4.64. The van der Waals surface area contributed by atoms with Crippen LogP contribution in [-0.4, -0.2) is 17.1 Å². The first kappa shape index (κ1) is 11.9. The number of halogens is 1. The maximum atomic E-state index is 5.99. The highest BCUT2D eigenvalue weighted by Crippen LogP contribution is 2.29. The van der Waals surface area contributed by atoms with Crippen molar-refractivity contribution in [1.82, 2.24) is 9.97 Å². The summed E-state index contributed by atoms with van der Waals surface area (Å²) in [5, 5.41) is 0.668. The summed E-state index contributed by atoms with van der Waals surface area (Å²) < 4.78 is 5.21. The zero-order valence-electron chi connectivity index (χ0n) is 10.3. The Labute approximate surface area is 115 Å². The van der Waals surface area contributed by atoms with Gasteiger partial charge in [-0.3, -0.25) is 0 Å². The van der Waals surface area contributed by atoms with Crippen LogP contribution >= 0.6 is 11.6 Å². The van der Waals surface area contributed by atoms with Crippen molar-refractivity contribution in [2.45, 2.75) is 0 Å². The molecule has 0 saturated carbocycles. The zero-order chi connectivity index (χ0) is 13.4. The first-order valence-corrected chi connectivity index (χ1v) is 6.14.